The number of aryl methyl sites for hydroxylation is 2. The Hall–Kier alpha value is -5.38. The Morgan fingerprint density at radius 1 is 0.545 bits per heavy atom. The van der Waals surface area contributed by atoms with Gasteiger partial charge in [0.25, 0.3) is 0 Å². The molecule has 4 nitrogen and oxygen atoms in total. The Kier molecular flexibility index (Phi) is 7.98. The topological polar surface area (TPSA) is 54.0 Å². The van der Waals surface area contributed by atoms with Gasteiger partial charge in [-0.1, -0.05) is 129 Å². The summed E-state index contributed by atoms with van der Waals surface area (Å²) in [6.07, 6.45) is 6.49. The van der Waals surface area contributed by atoms with Crippen LogP contribution in [0.5, 0.6) is 0 Å². The van der Waals surface area contributed by atoms with Gasteiger partial charge in [-0.25, -0.2) is 9.97 Å². The Morgan fingerprint density at radius 3 is 1.75 bits per heavy atom. The van der Waals surface area contributed by atoms with Crippen LogP contribution in [0.15, 0.2) is 97.1 Å². The van der Waals surface area contributed by atoms with Crippen LogP contribution in [-0.4, -0.2) is 9.97 Å². The monoisotopic (exact) mass is 760 g/mol. The summed E-state index contributed by atoms with van der Waals surface area (Å²) >= 11 is 0. The van der Waals surface area contributed by atoms with Crippen molar-refractivity contribution in [3.8, 4) is 22.3 Å². The second kappa shape index (κ2) is 12.9. The number of allylic oxidation sites excluding steroid dienone is 2. The first-order valence-corrected chi connectivity index (χ1v) is 19.7. The van der Waals surface area contributed by atoms with Crippen molar-refractivity contribution >= 4 is 76.6 Å². The standard InChI is InChI=1S/C50H40N4.Zn/c1-5-7-17-31-27(3)37-23-41-47-33-19-9-13-29-15-11-21-35(45(29)33)49(47)43(53-41)26-44-50-36-22-12-16-30-14-10-20-34(46(30)36)48(50)42(54-44)24-38-28(4)32(18-8-6-2)40(52-38)25-39(31)51-37;/h9-16,19-26H,5-8,17-18H2,1-4H3;/q-2;+2. The molecular formula is C50H40N4Zn. The molecule has 7 aromatic rings. The van der Waals surface area contributed by atoms with E-state index < -0.39 is 0 Å². The molecule has 262 valence electrons. The molecule has 2 aliphatic carbocycles. The first-order valence-electron chi connectivity index (χ1n) is 19.7. The first-order chi connectivity index (χ1) is 26.5. The zero-order valence-corrected chi connectivity index (χ0v) is 34.9. The number of fused-ring (bicyclic) bond motifs is 17. The zero-order valence-electron chi connectivity index (χ0n) is 32.0. The van der Waals surface area contributed by atoms with Gasteiger partial charge in [0.2, 0.25) is 0 Å². The molecule has 0 N–H and O–H groups in total. The molecule has 0 saturated heterocycles. The van der Waals surface area contributed by atoms with Crippen LogP contribution in [0, 0.1) is 17.4 Å². The van der Waals surface area contributed by atoms with Crippen molar-refractivity contribution in [2.45, 2.75) is 66.2 Å². The third-order valence-electron chi connectivity index (χ3n) is 12.3. The molecule has 0 amide bonds. The fourth-order valence-electron chi connectivity index (χ4n) is 9.65. The van der Waals surface area contributed by atoms with Gasteiger partial charge < -0.3 is 9.97 Å². The van der Waals surface area contributed by atoms with Crippen LogP contribution >= 0.6 is 0 Å². The maximum atomic E-state index is 5.52. The molecule has 0 saturated carbocycles. The van der Waals surface area contributed by atoms with E-state index in [2.05, 4.69) is 125 Å². The van der Waals surface area contributed by atoms with Gasteiger partial charge in [0.05, 0.1) is 22.4 Å². The Morgan fingerprint density at radius 2 is 1.09 bits per heavy atom. The molecule has 55 heavy (non-hydrogen) atoms. The number of unbranched alkanes of at least 4 members (excludes halogenated alkanes) is 2. The molecule has 0 unspecified atom stereocenters. The van der Waals surface area contributed by atoms with E-state index in [1.54, 1.807) is 0 Å². The molecule has 3 aromatic heterocycles. The minimum absolute atomic E-state index is 0. The summed E-state index contributed by atoms with van der Waals surface area (Å²) in [5, 5.41) is 9.97. The molecule has 4 aromatic carbocycles. The smallest absolute Gasteiger partial charge is 0.657 e. The SMILES string of the molecule is CCCCC1=C(C)c2cc3[n-]c(cc4nc(cc5[n-]c(cc1n2)c(CCCC)c5C)c1c2cccc5cccc(c4=1)c52)c1c3-c2cccc3cccc-1c23.[Zn+2]. The Labute approximate surface area is 332 Å². The van der Waals surface area contributed by atoms with Crippen molar-refractivity contribution in [1.29, 1.82) is 0 Å². The summed E-state index contributed by atoms with van der Waals surface area (Å²) in [5.74, 6) is 0. The summed E-state index contributed by atoms with van der Waals surface area (Å²) < 4.78 is 0. The fraction of sp³-hybridized carbons (Fsp3) is 0.200. The van der Waals surface area contributed by atoms with E-state index in [0.717, 1.165) is 83.0 Å². The van der Waals surface area contributed by atoms with Crippen molar-refractivity contribution in [2.24, 2.45) is 0 Å². The number of hydrogen-bond donors (Lipinski definition) is 0. The van der Waals surface area contributed by atoms with Crippen molar-refractivity contribution in [3.05, 3.63) is 130 Å². The number of benzene rings is 4. The molecule has 8 bridgehead atoms. The average Bonchev–Trinajstić information content (AvgIpc) is 4.00. The summed E-state index contributed by atoms with van der Waals surface area (Å²) in [6.45, 7) is 9.03. The van der Waals surface area contributed by atoms with Crippen LogP contribution < -0.4 is 9.97 Å². The third kappa shape index (κ3) is 4.92. The number of aromatic nitrogens is 4. The van der Waals surface area contributed by atoms with Crippen LogP contribution in [0.4, 0.5) is 0 Å². The third-order valence-corrected chi connectivity index (χ3v) is 12.3. The van der Waals surface area contributed by atoms with Crippen LogP contribution in [0.3, 0.4) is 0 Å². The van der Waals surface area contributed by atoms with E-state index in [1.807, 2.05) is 0 Å². The average molecular weight is 762 g/mol. The van der Waals surface area contributed by atoms with Crippen molar-refractivity contribution in [1.82, 2.24) is 19.9 Å². The fourth-order valence-corrected chi connectivity index (χ4v) is 9.65. The van der Waals surface area contributed by atoms with Gasteiger partial charge in [-0.05, 0) is 111 Å². The van der Waals surface area contributed by atoms with E-state index >= 15 is 0 Å². The minimum atomic E-state index is 0. The summed E-state index contributed by atoms with van der Waals surface area (Å²) in [6, 6.07) is 35.7. The second-order valence-electron chi connectivity index (χ2n) is 15.4. The van der Waals surface area contributed by atoms with E-state index in [1.165, 1.54) is 87.3 Å². The van der Waals surface area contributed by atoms with Crippen LogP contribution in [0.1, 0.15) is 75.4 Å². The predicted molar refractivity (Wildman–Crippen MR) is 226 cm³/mol. The van der Waals surface area contributed by atoms with Crippen LogP contribution in [0.2, 0.25) is 0 Å². The maximum Gasteiger partial charge on any atom is 2.00 e. The van der Waals surface area contributed by atoms with Crippen molar-refractivity contribution in [3.63, 3.8) is 0 Å². The van der Waals surface area contributed by atoms with E-state index in [0.29, 0.717) is 0 Å². The molecule has 0 spiro atoms. The molecule has 11 rings (SSSR count). The largest absolute Gasteiger partial charge is 2.00 e. The summed E-state index contributed by atoms with van der Waals surface area (Å²) in [7, 11) is 0. The summed E-state index contributed by atoms with van der Waals surface area (Å²) in [4.78, 5) is 21.9. The number of nitrogens with zero attached hydrogens (tertiary/aromatic N) is 4. The van der Waals surface area contributed by atoms with Gasteiger partial charge in [0.15, 0.2) is 0 Å². The molecule has 0 radical (unpaired) electrons. The van der Waals surface area contributed by atoms with Gasteiger partial charge in [0.1, 0.15) is 0 Å². The van der Waals surface area contributed by atoms with Gasteiger partial charge in [-0.15, -0.1) is 22.1 Å². The van der Waals surface area contributed by atoms with Gasteiger partial charge >= 0.3 is 19.5 Å². The quantitative estimate of drug-likeness (QED) is 0.158. The van der Waals surface area contributed by atoms with Gasteiger partial charge in [-0.3, -0.25) is 0 Å². The van der Waals surface area contributed by atoms with Crippen LogP contribution in [0.25, 0.3) is 98.8 Å². The molecule has 4 aliphatic rings. The molecule has 0 fully saturated rings. The van der Waals surface area contributed by atoms with Gasteiger partial charge in [0, 0.05) is 10.4 Å². The van der Waals surface area contributed by atoms with E-state index in [-0.39, 0.29) is 19.5 Å². The van der Waals surface area contributed by atoms with E-state index in [4.69, 9.17) is 19.9 Å². The van der Waals surface area contributed by atoms with E-state index in [9.17, 15) is 0 Å². The first kappa shape index (κ1) is 34.1. The maximum absolute atomic E-state index is 5.52. The summed E-state index contributed by atoms with van der Waals surface area (Å²) in [5.41, 5.74) is 17.9. The Balaban J connectivity index is 0.00000372. The number of hydrogen-bond acceptors (Lipinski definition) is 2. The van der Waals surface area contributed by atoms with Crippen molar-refractivity contribution < 1.29 is 19.5 Å². The normalized spacial score (nSPS) is 12.9. The Bertz CT molecular complexity index is 3260. The molecule has 5 heteroatoms. The van der Waals surface area contributed by atoms with Gasteiger partial charge in [-0.2, -0.15) is 0 Å². The molecule has 2 aliphatic heterocycles. The minimum Gasteiger partial charge on any atom is -0.657 e. The predicted octanol–water partition coefficient (Wildman–Crippen LogP) is 12.9. The van der Waals surface area contributed by atoms with Crippen molar-refractivity contribution in [2.75, 3.05) is 0 Å². The molecule has 0 atom stereocenters. The molecular weight excluding hydrogens is 722 g/mol. The zero-order chi connectivity index (χ0) is 36.2. The molecule has 5 heterocycles. The van der Waals surface area contributed by atoms with Crippen LogP contribution in [-0.2, 0) is 25.9 Å². The number of rotatable bonds is 6. The second-order valence-corrected chi connectivity index (χ2v) is 15.4.